The molecule has 168 valence electrons. The molecule has 0 bridgehead atoms. The van der Waals surface area contributed by atoms with Gasteiger partial charge in [0.05, 0.1) is 10.7 Å². The molecular weight excluding hydrogens is 551 g/mol. The summed E-state index contributed by atoms with van der Waals surface area (Å²) in [6, 6.07) is 18.8. The summed E-state index contributed by atoms with van der Waals surface area (Å²) in [5.41, 5.74) is 4.22. The van der Waals surface area contributed by atoms with Crippen molar-refractivity contribution in [1.29, 1.82) is 5.26 Å². The van der Waals surface area contributed by atoms with E-state index in [0.29, 0.717) is 34.4 Å². The smallest absolute Gasteiger partial charge is 0.266 e. The molecule has 0 radical (unpaired) electrons. The van der Waals surface area contributed by atoms with E-state index >= 15 is 0 Å². The summed E-state index contributed by atoms with van der Waals surface area (Å²) < 4.78 is 12.3. The summed E-state index contributed by atoms with van der Waals surface area (Å²) in [7, 11) is 1.55. The number of methoxy groups -OCH3 is 1. The average molecular weight is 573 g/mol. The van der Waals surface area contributed by atoms with Crippen molar-refractivity contribution >= 4 is 51.9 Å². The van der Waals surface area contributed by atoms with Crippen LogP contribution >= 0.6 is 34.2 Å². The molecular formula is C26H22ClIN2O3. The molecule has 0 unspecified atom stereocenters. The number of halogens is 2. The normalized spacial score (nSPS) is 11.0. The van der Waals surface area contributed by atoms with E-state index in [1.807, 2.05) is 44.2 Å². The van der Waals surface area contributed by atoms with Gasteiger partial charge in [0.2, 0.25) is 0 Å². The van der Waals surface area contributed by atoms with Crippen LogP contribution in [0.3, 0.4) is 0 Å². The maximum Gasteiger partial charge on any atom is 0.266 e. The number of benzene rings is 3. The number of hydrogen-bond donors (Lipinski definition) is 1. The van der Waals surface area contributed by atoms with Gasteiger partial charge >= 0.3 is 0 Å². The van der Waals surface area contributed by atoms with Gasteiger partial charge in [-0.15, -0.1) is 0 Å². The lowest BCUT2D eigenvalue weighted by atomic mass is 10.1. The molecule has 0 fully saturated rings. The molecule has 0 heterocycles. The molecule has 7 heteroatoms. The number of nitrogens with zero attached hydrogens (tertiary/aromatic N) is 1. The van der Waals surface area contributed by atoms with Crippen molar-refractivity contribution in [2.24, 2.45) is 0 Å². The summed E-state index contributed by atoms with van der Waals surface area (Å²) in [6.07, 6.45) is 1.52. The lowest BCUT2D eigenvalue weighted by Crippen LogP contribution is -2.14. The molecule has 0 aliphatic carbocycles. The Morgan fingerprint density at radius 3 is 2.67 bits per heavy atom. The molecule has 3 aromatic carbocycles. The van der Waals surface area contributed by atoms with Crippen molar-refractivity contribution in [2.75, 3.05) is 12.4 Å². The van der Waals surface area contributed by atoms with Gasteiger partial charge < -0.3 is 14.8 Å². The van der Waals surface area contributed by atoms with Gasteiger partial charge in [0, 0.05) is 10.7 Å². The number of aryl methyl sites for hydroxylation is 2. The first-order chi connectivity index (χ1) is 15.8. The molecule has 0 aliphatic heterocycles. The van der Waals surface area contributed by atoms with Crippen molar-refractivity contribution in [2.45, 2.75) is 20.5 Å². The first-order valence-corrected chi connectivity index (χ1v) is 11.5. The zero-order valence-electron chi connectivity index (χ0n) is 18.4. The Morgan fingerprint density at radius 1 is 1.18 bits per heavy atom. The highest BCUT2D eigenvalue weighted by Gasteiger charge is 2.15. The van der Waals surface area contributed by atoms with E-state index in [1.165, 1.54) is 6.08 Å². The lowest BCUT2D eigenvalue weighted by Gasteiger charge is -2.14. The monoisotopic (exact) mass is 572 g/mol. The Bertz CT molecular complexity index is 1260. The minimum absolute atomic E-state index is 0.0411. The second-order valence-electron chi connectivity index (χ2n) is 7.40. The second kappa shape index (κ2) is 11.2. The fraction of sp³-hybridized carbons (Fsp3) is 0.154. The van der Waals surface area contributed by atoms with E-state index in [-0.39, 0.29) is 5.57 Å². The highest BCUT2D eigenvalue weighted by Crippen LogP contribution is 2.35. The topological polar surface area (TPSA) is 71.3 Å². The highest BCUT2D eigenvalue weighted by atomic mass is 127. The van der Waals surface area contributed by atoms with E-state index < -0.39 is 5.91 Å². The van der Waals surface area contributed by atoms with Gasteiger partial charge in [-0.1, -0.05) is 47.5 Å². The molecule has 0 saturated carbocycles. The number of ether oxygens (including phenoxy) is 2. The second-order valence-corrected chi connectivity index (χ2v) is 8.99. The third kappa shape index (κ3) is 6.50. The zero-order valence-corrected chi connectivity index (χ0v) is 21.3. The van der Waals surface area contributed by atoms with Crippen LogP contribution in [-0.2, 0) is 11.4 Å². The van der Waals surface area contributed by atoms with Crippen molar-refractivity contribution < 1.29 is 14.3 Å². The summed E-state index contributed by atoms with van der Waals surface area (Å²) in [5, 5.41) is 12.8. The molecule has 33 heavy (non-hydrogen) atoms. The lowest BCUT2D eigenvalue weighted by molar-refractivity contribution is -0.112. The predicted molar refractivity (Wildman–Crippen MR) is 140 cm³/mol. The van der Waals surface area contributed by atoms with E-state index in [9.17, 15) is 10.1 Å². The Balaban J connectivity index is 1.84. The van der Waals surface area contributed by atoms with Crippen LogP contribution in [0.25, 0.3) is 6.08 Å². The van der Waals surface area contributed by atoms with Crippen LogP contribution in [0.5, 0.6) is 11.5 Å². The fourth-order valence-electron chi connectivity index (χ4n) is 3.15. The van der Waals surface area contributed by atoms with Crippen molar-refractivity contribution in [3.05, 3.63) is 91.0 Å². The van der Waals surface area contributed by atoms with Crippen LogP contribution < -0.4 is 14.8 Å². The van der Waals surface area contributed by atoms with Crippen LogP contribution in [0.15, 0.2) is 60.2 Å². The molecule has 3 aromatic rings. The third-order valence-corrected chi connectivity index (χ3v) is 5.88. The van der Waals surface area contributed by atoms with Gasteiger partial charge in [-0.3, -0.25) is 4.79 Å². The quantitative estimate of drug-likeness (QED) is 0.194. The number of nitriles is 1. The number of hydrogen-bond acceptors (Lipinski definition) is 4. The minimum Gasteiger partial charge on any atom is -0.493 e. The van der Waals surface area contributed by atoms with Crippen LogP contribution in [-0.4, -0.2) is 13.0 Å². The molecule has 0 saturated heterocycles. The standard InChI is InChI=1S/C26H22ClIN2O3/c1-16-5-4-6-18(9-16)15-33-25-22(28)11-19(12-24(25)32-3)10-20(14-29)26(31)30-23-13-21(27)8-7-17(23)2/h4-13H,15H2,1-3H3,(H,30,31)/b20-10+. The molecule has 0 aliphatic rings. The number of rotatable bonds is 7. The molecule has 0 aromatic heterocycles. The fourth-order valence-corrected chi connectivity index (χ4v) is 4.11. The van der Waals surface area contributed by atoms with Crippen LogP contribution in [0.2, 0.25) is 5.02 Å². The Labute approximate surface area is 212 Å². The SMILES string of the molecule is COc1cc(/C=C(\C#N)C(=O)Nc2cc(Cl)ccc2C)cc(I)c1OCc1cccc(C)c1. The predicted octanol–water partition coefficient (Wildman–Crippen LogP) is 6.69. The highest BCUT2D eigenvalue weighted by molar-refractivity contribution is 14.1. The van der Waals surface area contributed by atoms with E-state index in [0.717, 1.165) is 20.3 Å². The van der Waals surface area contributed by atoms with Gasteiger partial charge in [0.15, 0.2) is 11.5 Å². The van der Waals surface area contributed by atoms with Crippen molar-refractivity contribution in [3.63, 3.8) is 0 Å². The summed E-state index contributed by atoms with van der Waals surface area (Å²) in [5.74, 6) is 0.607. The largest absolute Gasteiger partial charge is 0.493 e. The molecule has 0 spiro atoms. The summed E-state index contributed by atoms with van der Waals surface area (Å²) >= 11 is 8.18. The Hall–Kier alpha value is -3.02. The minimum atomic E-state index is -0.517. The van der Waals surface area contributed by atoms with E-state index in [4.69, 9.17) is 21.1 Å². The van der Waals surface area contributed by atoms with Crippen molar-refractivity contribution in [1.82, 2.24) is 0 Å². The van der Waals surface area contributed by atoms with Crippen LogP contribution in [0, 0.1) is 28.7 Å². The van der Waals surface area contributed by atoms with Gasteiger partial charge in [0.1, 0.15) is 18.2 Å². The van der Waals surface area contributed by atoms with E-state index in [1.54, 1.807) is 31.4 Å². The first-order valence-electron chi connectivity index (χ1n) is 10.1. The Kier molecular flexibility index (Phi) is 8.37. The van der Waals surface area contributed by atoms with Crippen LogP contribution in [0.4, 0.5) is 5.69 Å². The van der Waals surface area contributed by atoms with Gasteiger partial charge in [-0.25, -0.2) is 0 Å². The number of carbonyl (C=O) groups excluding carboxylic acids is 1. The summed E-state index contributed by atoms with van der Waals surface area (Å²) in [6.45, 7) is 4.28. The summed E-state index contributed by atoms with van der Waals surface area (Å²) in [4.78, 5) is 12.7. The van der Waals surface area contributed by atoms with Gasteiger partial charge in [-0.2, -0.15) is 5.26 Å². The van der Waals surface area contributed by atoms with E-state index in [2.05, 4.69) is 34.0 Å². The van der Waals surface area contributed by atoms with Crippen molar-refractivity contribution in [3.8, 4) is 17.6 Å². The molecule has 5 nitrogen and oxygen atoms in total. The molecule has 1 N–H and O–H groups in total. The maximum absolute atomic E-state index is 12.7. The van der Waals surface area contributed by atoms with Crippen LogP contribution in [0.1, 0.15) is 22.3 Å². The van der Waals surface area contributed by atoms with Gasteiger partial charge in [0.25, 0.3) is 5.91 Å². The zero-order chi connectivity index (χ0) is 24.0. The number of anilines is 1. The number of carbonyl (C=O) groups is 1. The number of amides is 1. The molecule has 0 atom stereocenters. The average Bonchev–Trinajstić information content (AvgIpc) is 2.78. The molecule has 1 amide bonds. The first kappa shape index (κ1) is 24.6. The number of nitrogens with one attached hydrogen (secondary N) is 1. The maximum atomic E-state index is 12.7. The van der Waals surface area contributed by atoms with Gasteiger partial charge in [-0.05, 0) is 83.5 Å². The molecule has 3 rings (SSSR count). The third-order valence-electron chi connectivity index (χ3n) is 4.84. The Morgan fingerprint density at radius 2 is 1.97 bits per heavy atom.